The van der Waals surface area contributed by atoms with E-state index < -0.39 is 0 Å². The Bertz CT molecular complexity index is 1250. The van der Waals surface area contributed by atoms with Crippen LogP contribution in [0, 0.1) is 6.92 Å². The van der Waals surface area contributed by atoms with Gasteiger partial charge in [-0.2, -0.15) is 9.78 Å². The number of fused-ring (bicyclic) bond motifs is 1. The largest absolute Gasteiger partial charge is 0.282 e. The molecular formula is C22H17ClN4O. The molecule has 2 aromatic heterocycles. The van der Waals surface area contributed by atoms with Crippen molar-refractivity contribution in [2.75, 3.05) is 0 Å². The fourth-order valence-corrected chi connectivity index (χ4v) is 3.10. The lowest BCUT2D eigenvalue weighted by molar-refractivity contribution is 0.823. The van der Waals surface area contributed by atoms with E-state index in [4.69, 9.17) is 11.6 Å². The first-order chi connectivity index (χ1) is 13.5. The van der Waals surface area contributed by atoms with Gasteiger partial charge in [-0.3, -0.25) is 9.78 Å². The SMILES string of the molecule is CC(=Nn1c(-c2cccnc2)nc2ccc(Cl)cc2c1=O)c1ccc(C)cc1. The average Bonchev–Trinajstić information content (AvgIpc) is 2.71. The van der Waals surface area contributed by atoms with Gasteiger partial charge in [0, 0.05) is 23.0 Å². The summed E-state index contributed by atoms with van der Waals surface area (Å²) in [5.41, 5.74) is 3.78. The van der Waals surface area contributed by atoms with E-state index in [0.29, 0.717) is 33.0 Å². The second kappa shape index (κ2) is 7.37. The number of halogens is 1. The van der Waals surface area contributed by atoms with Gasteiger partial charge in [-0.25, -0.2) is 4.98 Å². The zero-order chi connectivity index (χ0) is 19.7. The summed E-state index contributed by atoms with van der Waals surface area (Å²) < 4.78 is 1.32. The summed E-state index contributed by atoms with van der Waals surface area (Å²) in [6, 6.07) is 16.7. The average molecular weight is 389 g/mol. The van der Waals surface area contributed by atoms with Gasteiger partial charge in [-0.15, -0.1) is 0 Å². The zero-order valence-corrected chi connectivity index (χ0v) is 16.2. The minimum Gasteiger partial charge on any atom is -0.267 e. The number of aryl methyl sites for hydroxylation is 1. The Balaban J connectivity index is 1.99. The summed E-state index contributed by atoms with van der Waals surface area (Å²) in [5, 5.41) is 5.50. The third kappa shape index (κ3) is 3.44. The Labute approximate surface area is 167 Å². The van der Waals surface area contributed by atoms with E-state index in [1.54, 1.807) is 36.7 Å². The van der Waals surface area contributed by atoms with Gasteiger partial charge in [0.05, 0.1) is 16.6 Å². The highest BCUT2D eigenvalue weighted by atomic mass is 35.5. The van der Waals surface area contributed by atoms with Crippen molar-refractivity contribution in [2.24, 2.45) is 5.10 Å². The summed E-state index contributed by atoms with van der Waals surface area (Å²) in [7, 11) is 0. The van der Waals surface area contributed by atoms with Crippen molar-refractivity contribution < 1.29 is 0 Å². The third-order valence-corrected chi connectivity index (χ3v) is 4.68. The summed E-state index contributed by atoms with van der Waals surface area (Å²) >= 11 is 6.09. The molecule has 0 aliphatic heterocycles. The van der Waals surface area contributed by atoms with Crippen LogP contribution in [0.2, 0.25) is 5.02 Å². The summed E-state index contributed by atoms with van der Waals surface area (Å²) in [5.74, 6) is 0.430. The van der Waals surface area contributed by atoms with Crippen LogP contribution in [-0.2, 0) is 0 Å². The van der Waals surface area contributed by atoms with E-state index in [-0.39, 0.29) is 5.56 Å². The molecule has 2 aromatic carbocycles. The van der Waals surface area contributed by atoms with Crippen LogP contribution in [-0.4, -0.2) is 20.4 Å². The third-order valence-electron chi connectivity index (χ3n) is 4.45. The van der Waals surface area contributed by atoms with Crippen LogP contribution in [0.5, 0.6) is 0 Å². The molecule has 0 saturated heterocycles. The molecule has 6 heteroatoms. The summed E-state index contributed by atoms with van der Waals surface area (Å²) in [6.07, 6.45) is 3.34. The second-order valence-corrected chi connectivity index (χ2v) is 6.94. The molecule has 0 N–H and O–H groups in total. The smallest absolute Gasteiger partial charge is 0.267 e. The van der Waals surface area contributed by atoms with Gasteiger partial charge in [-0.1, -0.05) is 41.4 Å². The Kier molecular flexibility index (Phi) is 4.75. The number of hydrogen-bond donors (Lipinski definition) is 0. The van der Waals surface area contributed by atoms with E-state index in [9.17, 15) is 4.79 Å². The van der Waals surface area contributed by atoms with Gasteiger partial charge in [0.15, 0.2) is 5.82 Å². The van der Waals surface area contributed by atoms with Crippen molar-refractivity contribution in [1.82, 2.24) is 14.6 Å². The molecule has 0 aliphatic rings. The number of hydrogen-bond acceptors (Lipinski definition) is 4. The first-order valence-corrected chi connectivity index (χ1v) is 9.16. The van der Waals surface area contributed by atoms with Crippen LogP contribution in [0.15, 0.2) is 76.9 Å². The molecule has 0 fully saturated rings. The molecule has 0 radical (unpaired) electrons. The Morgan fingerprint density at radius 1 is 1.11 bits per heavy atom. The van der Waals surface area contributed by atoms with Crippen LogP contribution in [0.25, 0.3) is 22.3 Å². The zero-order valence-electron chi connectivity index (χ0n) is 15.4. The molecule has 0 saturated carbocycles. The lowest BCUT2D eigenvalue weighted by Gasteiger charge is -2.11. The quantitative estimate of drug-likeness (QED) is 0.478. The number of aromatic nitrogens is 3. The minimum absolute atomic E-state index is 0.280. The van der Waals surface area contributed by atoms with Gasteiger partial charge >= 0.3 is 0 Å². The molecule has 5 nitrogen and oxygen atoms in total. The van der Waals surface area contributed by atoms with Gasteiger partial charge < -0.3 is 0 Å². The van der Waals surface area contributed by atoms with Crippen LogP contribution < -0.4 is 5.56 Å². The van der Waals surface area contributed by atoms with E-state index in [1.807, 2.05) is 44.2 Å². The maximum absolute atomic E-state index is 13.2. The predicted octanol–water partition coefficient (Wildman–Crippen LogP) is 4.69. The topological polar surface area (TPSA) is 60.1 Å². The minimum atomic E-state index is -0.280. The van der Waals surface area contributed by atoms with Crippen molar-refractivity contribution in [3.05, 3.63) is 93.5 Å². The molecule has 0 bridgehead atoms. The lowest BCUT2D eigenvalue weighted by Crippen LogP contribution is -2.21. The first-order valence-electron chi connectivity index (χ1n) is 8.78. The number of nitrogens with zero attached hydrogens (tertiary/aromatic N) is 4. The molecule has 0 unspecified atom stereocenters. The molecule has 138 valence electrons. The fourth-order valence-electron chi connectivity index (χ4n) is 2.93. The predicted molar refractivity (Wildman–Crippen MR) is 113 cm³/mol. The van der Waals surface area contributed by atoms with Gasteiger partial charge in [0.25, 0.3) is 5.56 Å². The highest BCUT2D eigenvalue weighted by Gasteiger charge is 2.14. The molecule has 4 rings (SSSR count). The van der Waals surface area contributed by atoms with E-state index in [1.165, 1.54) is 4.68 Å². The molecule has 0 aliphatic carbocycles. The fraction of sp³-hybridized carbons (Fsp3) is 0.0909. The molecule has 0 amide bonds. The van der Waals surface area contributed by atoms with Crippen LogP contribution >= 0.6 is 11.6 Å². The standard InChI is InChI=1S/C22H17ClN4O/c1-14-5-7-16(8-6-14)15(2)26-27-21(17-4-3-11-24-13-17)25-20-10-9-18(23)12-19(20)22(27)28/h3-13H,1-2H3. The maximum atomic E-state index is 13.2. The molecular weight excluding hydrogens is 372 g/mol. The van der Waals surface area contributed by atoms with Crippen molar-refractivity contribution >= 4 is 28.2 Å². The monoisotopic (exact) mass is 388 g/mol. The lowest BCUT2D eigenvalue weighted by atomic mass is 10.1. The molecule has 4 aromatic rings. The Morgan fingerprint density at radius 2 is 1.89 bits per heavy atom. The van der Waals surface area contributed by atoms with Gasteiger partial charge in [-0.05, 0) is 49.7 Å². The normalized spacial score (nSPS) is 11.8. The van der Waals surface area contributed by atoms with E-state index in [0.717, 1.165) is 11.1 Å². The van der Waals surface area contributed by atoms with Gasteiger partial charge in [0.2, 0.25) is 0 Å². The molecule has 0 spiro atoms. The van der Waals surface area contributed by atoms with Crippen LogP contribution in [0.4, 0.5) is 0 Å². The van der Waals surface area contributed by atoms with Crippen molar-refractivity contribution in [1.29, 1.82) is 0 Å². The van der Waals surface area contributed by atoms with E-state index >= 15 is 0 Å². The number of rotatable bonds is 3. The van der Waals surface area contributed by atoms with Gasteiger partial charge in [0.1, 0.15) is 0 Å². The highest BCUT2D eigenvalue weighted by molar-refractivity contribution is 6.31. The number of pyridine rings is 1. The van der Waals surface area contributed by atoms with Crippen molar-refractivity contribution in [3.8, 4) is 11.4 Å². The van der Waals surface area contributed by atoms with Crippen molar-refractivity contribution in [3.63, 3.8) is 0 Å². The summed E-state index contributed by atoms with van der Waals surface area (Å²) in [4.78, 5) is 22.0. The molecule has 2 heterocycles. The van der Waals surface area contributed by atoms with Crippen LogP contribution in [0.1, 0.15) is 18.1 Å². The summed E-state index contributed by atoms with van der Waals surface area (Å²) in [6.45, 7) is 3.89. The molecule has 28 heavy (non-hydrogen) atoms. The maximum Gasteiger partial charge on any atom is 0.282 e. The van der Waals surface area contributed by atoms with Crippen LogP contribution in [0.3, 0.4) is 0 Å². The first kappa shape index (κ1) is 18.1. The number of benzene rings is 2. The Hall–Kier alpha value is -3.31. The highest BCUT2D eigenvalue weighted by Crippen LogP contribution is 2.20. The Morgan fingerprint density at radius 3 is 2.61 bits per heavy atom. The molecule has 0 atom stereocenters. The van der Waals surface area contributed by atoms with E-state index in [2.05, 4.69) is 15.1 Å². The second-order valence-electron chi connectivity index (χ2n) is 6.51. The van der Waals surface area contributed by atoms with Crippen molar-refractivity contribution in [2.45, 2.75) is 13.8 Å².